The Labute approximate surface area is 171 Å². The predicted octanol–water partition coefficient (Wildman–Crippen LogP) is 2.26. The van der Waals surface area contributed by atoms with Crippen LogP contribution >= 0.6 is 0 Å². The van der Waals surface area contributed by atoms with Crippen molar-refractivity contribution in [2.45, 2.75) is 52.6 Å². The van der Waals surface area contributed by atoms with Crippen LogP contribution in [0.5, 0.6) is 11.5 Å². The first kappa shape index (κ1) is 22.2. The molecule has 0 spiro atoms. The Balaban J connectivity index is 1.95. The van der Waals surface area contributed by atoms with Crippen LogP contribution in [0.2, 0.25) is 0 Å². The zero-order valence-corrected chi connectivity index (χ0v) is 17.7. The fourth-order valence-corrected chi connectivity index (χ4v) is 2.23. The maximum atomic E-state index is 12.2. The minimum absolute atomic E-state index is 0.127. The van der Waals surface area contributed by atoms with Crippen LogP contribution in [0.1, 0.15) is 62.3 Å². The molecule has 0 aromatic carbocycles. The number of aromatic nitrogens is 2. The van der Waals surface area contributed by atoms with Crippen LogP contribution in [0.3, 0.4) is 0 Å². The molecule has 0 saturated heterocycles. The summed E-state index contributed by atoms with van der Waals surface area (Å²) in [4.78, 5) is 32.5. The molecule has 0 atom stereocenters. The maximum Gasteiger partial charge on any atom is 0.576 e. The van der Waals surface area contributed by atoms with Crippen molar-refractivity contribution in [3.63, 3.8) is 0 Å². The second-order valence-electron chi connectivity index (χ2n) is 8.63. The van der Waals surface area contributed by atoms with Gasteiger partial charge in [0.25, 0.3) is 11.8 Å². The number of amides is 2. The van der Waals surface area contributed by atoms with Gasteiger partial charge in [-0.3, -0.25) is 19.6 Å². The van der Waals surface area contributed by atoms with Crippen LogP contribution in [0.15, 0.2) is 36.9 Å². The summed E-state index contributed by atoms with van der Waals surface area (Å²) in [5, 5.41) is 5.73. The summed E-state index contributed by atoms with van der Waals surface area (Å²) in [6.45, 7) is 11.4. The minimum atomic E-state index is -0.353. The molecule has 9 heteroatoms. The van der Waals surface area contributed by atoms with E-state index >= 15 is 0 Å². The molecule has 154 valence electrons. The third-order valence-electron chi connectivity index (χ3n) is 3.38. The largest absolute Gasteiger partial charge is 0.576 e. The highest BCUT2D eigenvalue weighted by Crippen LogP contribution is 2.15. The van der Waals surface area contributed by atoms with Crippen molar-refractivity contribution in [3.05, 3.63) is 48.0 Å². The molecule has 0 saturated carbocycles. The second kappa shape index (κ2) is 8.94. The SMILES string of the molecule is CC(C)(C)NC(=O)c1cncc(OBOc2cncc(C(=O)NC(C)(C)C)c2)c1. The topological polar surface area (TPSA) is 102 Å². The third-order valence-corrected chi connectivity index (χ3v) is 3.38. The molecule has 2 heterocycles. The van der Waals surface area contributed by atoms with E-state index in [1.165, 1.54) is 24.8 Å². The number of nitrogens with one attached hydrogen (secondary N) is 2. The average molecular weight is 398 g/mol. The van der Waals surface area contributed by atoms with Gasteiger partial charge in [-0.25, -0.2) is 0 Å². The smallest absolute Gasteiger partial charge is 0.527 e. The Kier molecular flexibility index (Phi) is 6.84. The molecule has 2 amide bonds. The first-order valence-corrected chi connectivity index (χ1v) is 9.24. The molecule has 2 aromatic rings. The first-order chi connectivity index (χ1) is 13.4. The van der Waals surface area contributed by atoms with Gasteiger partial charge in [-0.1, -0.05) is 0 Å². The molecule has 2 N–H and O–H groups in total. The summed E-state index contributed by atoms with van der Waals surface area (Å²) in [6, 6.07) is 3.17. The molecule has 0 bridgehead atoms. The summed E-state index contributed by atoms with van der Waals surface area (Å²) in [5.41, 5.74) is 0.0720. The van der Waals surface area contributed by atoms with Gasteiger partial charge in [0.05, 0.1) is 23.5 Å². The highest BCUT2D eigenvalue weighted by Gasteiger charge is 2.17. The van der Waals surface area contributed by atoms with Crippen LogP contribution in [0.25, 0.3) is 0 Å². The Morgan fingerprint density at radius 2 is 1.14 bits per heavy atom. The van der Waals surface area contributed by atoms with Gasteiger partial charge < -0.3 is 19.9 Å². The number of carbonyl (C=O) groups is 2. The molecule has 0 radical (unpaired) electrons. The summed E-state index contributed by atoms with van der Waals surface area (Å²) in [6.07, 6.45) is 5.91. The Morgan fingerprint density at radius 1 is 0.759 bits per heavy atom. The van der Waals surface area contributed by atoms with Crippen LogP contribution < -0.4 is 19.9 Å². The molecule has 0 unspecified atom stereocenters. The quantitative estimate of drug-likeness (QED) is 0.724. The van der Waals surface area contributed by atoms with Crippen molar-refractivity contribution >= 4 is 19.5 Å². The van der Waals surface area contributed by atoms with E-state index in [0.29, 0.717) is 22.6 Å². The first-order valence-electron chi connectivity index (χ1n) is 9.24. The Hall–Kier alpha value is -3.10. The van der Waals surface area contributed by atoms with Crippen molar-refractivity contribution in [1.29, 1.82) is 0 Å². The highest BCUT2D eigenvalue weighted by atomic mass is 16.6. The highest BCUT2D eigenvalue weighted by molar-refractivity contribution is 6.20. The second-order valence-corrected chi connectivity index (χ2v) is 8.63. The molecule has 2 rings (SSSR count). The lowest BCUT2D eigenvalue weighted by atomic mass is 10.1. The lowest BCUT2D eigenvalue weighted by Gasteiger charge is -2.20. The van der Waals surface area contributed by atoms with Gasteiger partial charge in [0, 0.05) is 23.5 Å². The zero-order valence-electron chi connectivity index (χ0n) is 17.7. The fourth-order valence-electron chi connectivity index (χ4n) is 2.23. The lowest BCUT2D eigenvalue weighted by molar-refractivity contribution is 0.0909. The number of hydrogen-bond acceptors (Lipinski definition) is 6. The van der Waals surface area contributed by atoms with Gasteiger partial charge in [-0.2, -0.15) is 0 Å². The maximum absolute atomic E-state index is 12.2. The molecule has 0 aliphatic heterocycles. The molecular formula is C20H27BN4O4. The lowest BCUT2D eigenvalue weighted by Crippen LogP contribution is -2.40. The van der Waals surface area contributed by atoms with Crippen molar-refractivity contribution < 1.29 is 18.9 Å². The normalized spacial score (nSPS) is 11.4. The molecule has 2 aromatic heterocycles. The van der Waals surface area contributed by atoms with Gasteiger partial charge >= 0.3 is 7.69 Å². The van der Waals surface area contributed by atoms with E-state index in [1.54, 1.807) is 12.1 Å². The number of rotatable bonds is 6. The van der Waals surface area contributed by atoms with Crippen LogP contribution in [0, 0.1) is 0 Å². The van der Waals surface area contributed by atoms with E-state index in [0.717, 1.165) is 0 Å². The zero-order chi connectivity index (χ0) is 21.7. The Morgan fingerprint density at radius 3 is 1.48 bits per heavy atom. The average Bonchev–Trinajstić information content (AvgIpc) is 2.59. The van der Waals surface area contributed by atoms with Crippen molar-refractivity contribution in [3.8, 4) is 11.5 Å². The molecular weight excluding hydrogens is 371 g/mol. The minimum Gasteiger partial charge on any atom is -0.527 e. The van der Waals surface area contributed by atoms with Crippen molar-refractivity contribution in [1.82, 2.24) is 20.6 Å². The standard InChI is InChI=1S/C20H27BN4O4/c1-19(2,3)24-17(26)13-7-15(11-22-9-13)28-21-29-16-8-14(10-23-12-16)18(27)25-20(4,5)6/h7-12,21H,1-6H3,(H,24,26)(H,25,27). The molecule has 29 heavy (non-hydrogen) atoms. The fraction of sp³-hybridized carbons (Fsp3) is 0.400. The van der Waals surface area contributed by atoms with Gasteiger partial charge in [0.1, 0.15) is 11.5 Å². The number of hydrogen-bond donors (Lipinski definition) is 2. The van der Waals surface area contributed by atoms with Crippen LogP contribution in [-0.2, 0) is 0 Å². The predicted molar refractivity (Wildman–Crippen MR) is 111 cm³/mol. The third kappa shape index (κ3) is 7.81. The van der Waals surface area contributed by atoms with E-state index < -0.39 is 0 Å². The van der Waals surface area contributed by atoms with Gasteiger partial charge in [0.15, 0.2) is 0 Å². The van der Waals surface area contributed by atoms with E-state index in [2.05, 4.69) is 20.6 Å². The van der Waals surface area contributed by atoms with Gasteiger partial charge in [-0.05, 0) is 53.7 Å². The molecule has 8 nitrogen and oxygen atoms in total. The summed E-state index contributed by atoms with van der Waals surface area (Å²) < 4.78 is 11.0. The summed E-state index contributed by atoms with van der Waals surface area (Å²) >= 11 is 0. The molecule has 0 aliphatic carbocycles. The number of nitrogens with zero attached hydrogens (tertiary/aromatic N) is 2. The van der Waals surface area contributed by atoms with Gasteiger partial charge in [-0.15, -0.1) is 0 Å². The number of pyridine rings is 2. The van der Waals surface area contributed by atoms with E-state index in [9.17, 15) is 9.59 Å². The van der Waals surface area contributed by atoms with Crippen molar-refractivity contribution in [2.75, 3.05) is 0 Å². The van der Waals surface area contributed by atoms with E-state index in [1.807, 2.05) is 41.5 Å². The monoisotopic (exact) mass is 398 g/mol. The van der Waals surface area contributed by atoms with E-state index in [4.69, 9.17) is 9.31 Å². The van der Waals surface area contributed by atoms with E-state index in [-0.39, 0.29) is 30.6 Å². The van der Waals surface area contributed by atoms with Crippen LogP contribution in [0.4, 0.5) is 0 Å². The summed E-state index contributed by atoms with van der Waals surface area (Å²) in [7, 11) is -0.127. The van der Waals surface area contributed by atoms with Crippen LogP contribution in [-0.4, -0.2) is 40.5 Å². The molecule has 0 fully saturated rings. The molecule has 0 aliphatic rings. The van der Waals surface area contributed by atoms with Gasteiger partial charge in [0.2, 0.25) is 0 Å². The Bertz CT molecular complexity index is 804. The number of carbonyl (C=O) groups excluding carboxylic acids is 2. The summed E-state index contributed by atoms with van der Waals surface area (Å²) in [5.74, 6) is 0.304. The van der Waals surface area contributed by atoms with Crippen molar-refractivity contribution in [2.24, 2.45) is 0 Å².